The van der Waals surface area contributed by atoms with E-state index < -0.39 is 41.7 Å². The van der Waals surface area contributed by atoms with Crippen molar-refractivity contribution in [1.29, 1.82) is 0 Å². The van der Waals surface area contributed by atoms with Crippen LogP contribution >= 0.6 is 0 Å². The van der Waals surface area contributed by atoms with Crippen molar-refractivity contribution in [2.24, 2.45) is 11.8 Å². The number of fused-ring (bicyclic) bond motifs is 2. The number of aliphatic hydroxyl groups is 1. The zero-order chi connectivity index (χ0) is 32.9. The third-order valence-electron chi connectivity index (χ3n) is 10.6. The molecule has 3 amide bonds. The van der Waals surface area contributed by atoms with Crippen molar-refractivity contribution in [3.8, 4) is 0 Å². The highest BCUT2D eigenvalue weighted by Gasteiger charge is 2.76. The lowest BCUT2D eigenvalue weighted by Gasteiger charge is -2.41. The number of likely N-dealkylation sites (tertiary alicyclic amines) is 1. The average molecular weight is 632 g/mol. The van der Waals surface area contributed by atoms with Gasteiger partial charge in [0.25, 0.3) is 5.91 Å². The topological polar surface area (TPSA) is 90.4 Å². The third-order valence-corrected chi connectivity index (χ3v) is 10.6. The van der Waals surface area contributed by atoms with Gasteiger partial charge in [-0.15, -0.1) is 0 Å². The maximum Gasteiger partial charge on any atom is 0.253 e. The molecule has 2 fully saturated rings. The number of hydrogen-bond acceptors (Lipinski definition) is 5. The minimum Gasteiger partial charge on any atom is -0.394 e. The van der Waals surface area contributed by atoms with Gasteiger partial charge >= 0.3 is 0 Å². The second-order valence-electron chi connectivity index (χ2n) is 13.2. The smallest absolute Gasteiger partial charge is 0.253 e. The molecule has 3 aromatic carbocycles. The van der Waals surface area contributed by atoms with Crippen molar-refractivity contribution in [2.75, 3.05) is 24.6 Å². The molecule has 47 heavy (non-hydrogen) atoms. The largest absolute Gasteiger partial charge is 0.394 e. The van der Waals surface area contributed by atoms with E-state index in [-0.39, 0.29) is 24.3 Å². The van der Waals surface area contributed by atoms with Crippen LogP contribution < -0.4 is 4.90 Å². The van der Waals surface area contributed by atoms with E-state index in [9.17, 15) is 9.90 Å². The molecule has 242 valence electrons. The number of benzene rings is 3. The Morgan fingerprint density at radius 2 is 1.47 bits per heavy atom. The van der Waals surface area contributed by atoms with E-state index in [4.69, 9.17) is 4.74 Å². The number of rotatable bonds is 7. The number of amides is 3. The van der Waals surface area contributed by atoms with Gasteiger partial charge in [-0.05, 0) is 42.5 Å². The van der Waals surface area contributed by atoms with E-state index >= 15 is 9.59 Å². The summed E-state index contributed by atoms with van der Waals surface area (Å²) in [6.07, 6.45) is 8.15. The minimum atomic E-state index is -1.43. The normalized spacial score (nSPS) is 29.0. The molecule has 1 spiro atoms. The number of carbonyl (C=O) groups is 3. The molecular formula is C39H41N3O5. The van der Waals surface area contributed by atoms with Crippen LogP contribution in [0.25, 0.3) is 0 Å². The molecule has 7 rings (SSSR count). The van der Waals surface area contributed by atoms with Gasteiger partial charge < -0.3 is 24.5 Å². The summed E-state index contributed by atoms with van der Waals surface area (Å²) >= 11 is 0. The molecule has 8 heteroatoms. The van der Waals surface area contributed by atoms with E-state index in [2.05, 4.69) is 0 Å². The van der Waals surface area contributed by atoms with E-state index in [0.29, 0.717) is 25.1 Å². The van der Waals surface area contributed by atoms with Crippen LogP contribution in [0.15, 0.2) is 103 Å². The molecule has 3 aromatic rings. The SMILES string of the molecule is CC[C@]12C=CCN(Cc3ccccc3)C(=O)[C@H]1[C@H]1C(=O)N([C@H](CO)c3ccccc3)C3C(=O)N(c4c(C)cccc4C)CC=C[C@@]31O2. The predicted molar refractivity (Wildman–Crippen MR) is 179 cm³/mol. The number of ether oxygens (including phenoxy) is 1. The number of aryl methyl sites for hydroxylation is 2. The summed E-state index contributed by atoms with van der Waals surface area (Å²) in [5.74, 6) is -2.67. The first-order chi connectivity index (χ1) is 22.8. The van der Waals surface area contributed by atoms with E-state index in [1.807, 2.05) is 124 Å². The molecule has 0 aromatic heterocycles. The molecule has 0 aliphatic carbocycles. The van der Waals surface area contributed by atoms with E-state index in [1.54, 1.807) is 9.80 Å². The summed E-state index contributed by atoms with van der Waals surface area (Å²) in [4.78, 5) is 50.1. The first-order valence-electron chi connectivity index (χ1n) is 16.5. The van der Waals surface area contributed by atoms with Gasteiger partial charge in [-0.1, -0.05) is 110 Å². The molecular weight excluding hydrogens is 590 g/mol. The van der Waals surface area contributed by atoms with Gasteiger partial charge in [0, 0.05) is 25.3 Å². The maximum atomic E-state index is 15.1. The molecule has 0 radical (unpaired) electrons. The number of aliphatic hydroxyl groups excluding tert-OH is 1. The molecule has 2 saturated heterocycles. The zero-order valence-corrected chi connectivity index (χ0v) is 27.1. The quantitative estimate of drug-likeness (QED) is 0.375. The lowest BCUT2D eigenvalue weighted by atomic mass is 9.73. The Labute approximate surface area is 275 Å². The Morgan fingerprint density at radius 1 is 0.809 bits per heavy atom. The Hall–Kier alpha value is -4.53. The standard InChI is InChI=1S/C39H41N3O5/c1-4-38-20-12-22-40(24-28-16-7-5-8-17-28)35(44)31(38)32-36(45)42(30(25-43)29-18-9-6-10-19-29)34-37(46)41(23-13-21-39(32,34)47-38)33-26(2)14-11-15-27(33)3/h5-21,30-32,34,43H,4,22-25H2,1-3H3/t30-,31-,32+,34?,38+,39+/m1/s1. The van der Waals surface area contributed by atoms with Crippen molar-refractivity contribution < 1.29 is 24.2 Å². The minimum absolute atomic E-state index is 0.173. The monoisotopic (exact) mass is 631 g/mol. The summed E-state index contributed by atoms with van der Waals surface area (Å²) in [5.41, 5.74) is 1.84. The fraction of sp³-hybridized carbons (Fsp3) is 0.359. The maximum absolute atomic E-state index is 15.1. The van der Waals surface area contributed by atoms with Crippen LogP contribution in [-0.4, -0.2) is 69.6 Å². The Balaban J connectivity index is 1.40. The molecule has 8 nitrogen and oxygen atoms in total. The van der Waals surface area contributed by atoms with Gasteiger partial charge in [0.05, 0.1) is 30.1 Å². The Morgan fingerprint density at radius 3 is 2.13 bits per heavy atom. The number of para-hydroxylation sites is 1. The van der Waals surface area contributed by atoms with Gasteiger partial charge in [-0.2, -0.15) is 0 Å². The fourth-order valence-electron chi connectivity index (χ4n) is 8.49. The summed E-state index contributed by atoms with van der Waals surface area (Å²) in [6, 6.07) is 23.1. The van der Waals surface area contributed by atoms with Gasteiger partial charge in [0.1, 0.15) is 11.6 Å². The molecule has 4 heterocycles. The van der Waals surface area contributed by atoms with Crippen LogP contribution in [0.1, 0.15) is 41.6 Å². The highest BCUT2D eigenvalue weighted by atomic mass is 16.5. The van der Waals surface area contributed by atoms with Gasteiger partial charge in [0.15, 0.2) is 0 Å². The molecule has 1 N–H and O–H groups in total. The average Bonchev–Trinajstić information content (AvgIpc) is 3.38. The second kappa shape index (κ2) is 11.9. The number of nitrogens with zero attached hydrogens (tertiary/aromatic N) is 3. The summed E-state index contributed by atoms with van der Waals surface area (Å²) in [6.45, 7) is 6.58. The van der Waals surface area contributed by atoms with Gasteiger partial charge in [-0.3, -0.25) is 14.4 Å². The molecule has 0 saturated carbocycles. The number of anilines is 1. The van der Waals surface area contributed by atoms with Crippen LogP contribution in [0.2, 0.25) is 0 Å². The third kappa shape index (κ3) is 4.76. The van der Waals surface area contributed by atoms with E-state index in [0.717, 1.165) is 22.4 Å². The van der Waals surface area contributed by atoms with Crippen molar-refractivity contribution >= 4 is 23.4 Å². The van der Waals surface area contributed by atoms with Gasteiger partial charge in [-0.25, -0.2) is 0 Å². The summed E-state index contributed by atoms with van der Waals surface area (Å²) in [5, 5.41) is 10.9. The lowest BCUT2D eigenvalue weighted by Crippen LogP contribution is -2.57. The predicted octanol–water partition coefficient (Wildman–Crippen LogP) is 4.90. The molecule has 0 bridgehead atoms. The van der Waals surface area contributed by atoms with Crippen LogP contribution in [0.4, 0.5) is 5.69 Å². The molecule has 6 atom stereocenters. The second-order valence-corrected chi connectivity index (χ2v) is 13.2. The van der Waals surface area contributed by atoms with Crippen molar-refractivity contribution in [2.45, 2.75) is 57.0 Å². The Bertz CT molecular complexity index is 1740. The van der Waals surface area contributed by atoms with Crippen LogP contribution in [0.3, 0.4) is 0 Å². The van der Waals surface area contributed by atoms with Crippen LogP contribution in [0.5, 0.6) is 0 Å². The first-order valence-corrected chi connectivity index (χ1v) is 16.5. The Kier molecular flexibility index (Phi) is 7.89. The number of hydrogen-bond donors (Lipinski definition) is 1. The van der Waals surface area contributed by atoms with Crippen molar-refractivity contribution in [1.82, 2.24) is 9.80 Å². The highest BCUT2D eigenvalue weighted by Crippen LogP contribution is 2.60. The summed E-state index contributed by atoms with van der Waals surface area (Å²) in [7, 11) is 0. The molecule has 4 aliphatic rings. The first kappa shape index (κ1) is 31.1. The lowest BCUT2D eigenvalue weighted by molar-refractivity contribution is -0.153. The van der Waals surface area contributed by atoms with E-state index in [1.165, 1.54) is 4.90 Å². The molecule has 1 unspecified atom stereocenters. The van der Waals surface area contributed by atoms with Crippen molar-refractivity contribution in [3.05, 3.63) is 125 Å². The van der Waals surface area contributed by atoms with Crippen molar-refractivity contribution in [3.63, 3.8) is 0 Å². The van der Waals surface area contributed by atoms with Crippen LogP contribution in [-0.2, 0) is 25.7 Å². The highest BCUT2D eigenvalue weighted by molar-refractivity contribution is 6.06. The number of carbonyl (C=O) groups excluding carboxylic acids is 3. The molecule has 4 aliphatic heterocycles. The van der Waals surface area contributed by atoms with Crippen LogP contribution in [0, 0.1) is 25.7 Å². The zero-order valence-electron chi connectivity index (χ0n) is 27.1. The van der Waals surface area contributed by atoms with Gasteiger partial charge in [0.2, 0.25) is 11.8 Å². The summed E-state index contributed by atoms with van der Waals surface area (Å²) < 4.78 is 7.18. The fourth-order valence-corrected chi connectivity index (χ4v) is 8.49.